The number of hydrogen-bond acceptors (Lipinski definition) is 4. The first kappa shape index (κ1) is 20.6. The summed E-state index contributed by atoms with van der Waals surface area (Å²) in [6.45, 7) is -0.282. The van der Waals surface area contributed by atoms with Gasteiger partial charge >= 0.3 is 0 Å². The quantitative estimate of drug-likeness (QED) is 0.711. The zero-order valence-corrected chi connectivity index (χ0v) is 16.3. The van der Waals surface area contributed by atoms with Gasteiger partial charge in [-0.3, -0.25) is 9.59 Å². The minimum absolute atomic E-state index is 0.192. The van der Waals surface area contributed by atoms with Crippen molar-refractivity contribution in [1.29, 1.82) is 0 Å². The summed E-state index contributed by atoms with van der Waals surface area (Å²) < 4.78 is 23.9. The summed E-state index contributed by atoms with van der Waals surface area (Å²) in [5.74, 6) is -0.198. The van der Waals surface area contributed by atoms with Gasteiger partial charge in [-0.1, -0.05) is 25.0 Å². The number of methoxy groups -OCH3 is 1. The topological polar surface area (TPSA) is 90.7 Å². The van der Waals surface area contributed by atoms with Crippen molar-refractivity contribution in [1.82, 2.24) is 5.32 Å². The van der Waals surface area contributed by atoms with Crippen molar-refractivity contribution in [3.63, 3.8) is 0 Å². The van der Waals surface area contributed by atoms with Crippen molar-refractivity contribution >= 4 is 11.8 Å². The van der Waals surface area contributed by atoms with Crippen molar-refractivity contribution in [2.45, 2.75) is 31.7 Å². The third-order valence-corrected chi connectivity index (χ3v) is 5.18. The van der Waals surface area contributed by atoms with Crippen molar-refractivity contribution in [2.24, 2.45) is 11.7 Å². The molecule has 1 aliphatic rings. The molecular weight excluding hydrogens is 375 g/mol. The third-order valence-electron chi connectivity index (χ3n) is 5.18. The van der Waals surface area contributed by atoms with E-state index >= 15 is 0 Å². The molecule has 154 valence electrons. The van der Waals surface area contributed by atoms with Crippen LogP contribution < -0.4 is 20.5 Å². The normalized spacial score (nSPS) is 15.0. The van der Waals surface area contributed by atoms with Gasteiger partial charge in [0, 0.05) is 5.56 Å². The Bertz CT molecular complexity index is 864. The van der Waals surface area contributed by atoms with Gasteiger partial charge in [0.25, 0.3) is 11.8 Å². The van der Waals surface area contributed by atoms with E-state index in [0.29, 0.717) is 23.0 Å². The van der Waals surface area contributed by atoms with Gasteiger partial charge in [0.05, 0.1) is 13.2 Å². The molecular formula is C22H25FN2O4. The van der Waals surface area contributed by atoms with E-state index in [9.17, 15) is 14.0 Å². The van der Waals surface area contributed by atoms with Gasteiger partial charge < -0.3 is 20.5 Å². The number of ether oxygens (including phenoxy) is 2. The van der Waals surface area contributed by atoms with Crippen molar-refractivity contribution < 1.29 is 23.5 Å². The average Bonchev–Trinajstić information content (AvgIpc) is 3.25. The fourth-order valence-corrected chi connectivity index (χ4v) is 3.74. The summed E-state index contributed by atoms with van der Waals surface area (Å²) in [5.41, 5.74) is 6.39. The summed E-state index contributed by atoms with van der Waals surface area (Å²) in [6, 6.07) is 10.8. The summed E-state index contributed by atoms with van der Waals surface area (Å²) in [7, 11) is 1.45. The number of rotatable bonds is 8. The van der Waals surface area contributed by atoms with Crippen molar-refractivity contribution in [3.8, 4) is 11.5 Å². The molecule has 0 aliphatic heterocycles. The van der Waals surface area contributed by atoms with E-state index in [1.54, 1.807) is 30.3 Å². The maximum absolute atomic E-state index is 13.3. The van der Waals surface area contributed by atoms with Crippen LogP contribution in [0.15, 0.2) is 42.5 Å². The smallest absolute Gasteiger partial charge is 0.255 e. The van der Waals surface area contributed by atoms with Crippen LogP contribution in [-0.2, 0) is 4.79 Å². The van der Waals surface area contributed by atoms with Crippen LogP contribution in [0.25, 0.3) is 0 Å². The van der Waals surface area contributed by atoms with Crippen LogP contribution in [0.2, 0.25) is 0 Å². The van der Waals surface area contributed by atoms with Crippen LogP contribution in [0.5, 0.6) is 11.5 Å². The number of carbonyl (C=O) groups is 2. The second-order valence-electron chi connectivity index (χ2n) is 7.17. The molecule has 29 heavy (non-hydrogen) atoms. The number of nitrogens with two attached hydrogens (primary N) is 1. The molecule has 3 rings (SSSR count). The first-order chi connectivity index (χ1) is 14.0. The summed E-state index contributed by atoms with van der Waals surface area (Å²) in [4.78, 5) is 23.9. The monoisotopic (exact) mass is 400 g/mol. The molecule has 0 heterocycles. The van der Waals surface area contributed by atoms with E-state index in [2.05, 4.69) is 5.32 Å². The van der Waals surface area contributed by atoms with E-state index < -0.39 is 5.91 Å². The lowest BCUT2D eigenvalue weighted by atomic mass is 9.91. The number of nitrogens with one attached hydrogen (secondary N) is 1. The number of halogens is 1. The molecule has 1 unspecified atom stereocenters. The van der Waals surface area contributed by atoms with Gasteiger partial charge in [0.2, 0.25) is 0 Å². The molecule has 2 aromatic rings. The van der Waals surface area contributed by atoms with Gasteiger partial charge in [0.1, 0.15) is 5.82 Å². The molecule has 2 aromatic carbocycles. The highest BCUT2D eigenvalue weighted by molar-refractivity contribution is 5.95. The fraction of sp³-hybridized carbons (Fsp3) is 0.364. The minimum Gasteiger partial charge on any atom is -0.493 e. The molecule has 1 fully saturated rings. The molecule has 1 aliphatic carbocycles. The fourth-order valence-electron chi connectivity index (χ4n) is 3.74. The number of primary amides is 1. The average molecular weight is 400 g/mol. The lowest BCUT2D eigenvalue weighted by molar-refractivity contribution is -0.119. The second kappa shape index (κ2) is 9.41. The number of amides is 2. The Morgan fingerprint density at radius 1 is 1.14 bits per heavy atom. The van der Waals surface area contributed by atoms with Crippen LogP contribution in [0.4, 0.5) is 4.39 Å². The van der Waals surface area contributed by atoms with Crippen LogP contribution in [0.3, 0.4) is 0 Å². The second-order valence-corrected chi connectivity index (χ2v) is 7.17. The standard InChI is InChI=1S/C22H25FN2O4/c1-28-19-12-16(8-11-18(19)29-13-20(24)26)22(27)25-21(14-4-2-3-5-14)15-6-9-17(23)10-7-15/h6-12,14,21H,2-5,13H2,1H3,(H2,24,26)(H,25,27). The van der Waals surface area contributed by atoms with Gasteiger partial charge in [-0.15, -0.1) is 0 Å². The number of benzene rings is 2. The van der Waals surface area contributed by atoms with E-state index in [-0.39, 0.29) is 24.4 Å². The zero-order valence-electron chi connectivity index (χ0n) is 16.3. The van der Waals surface area contributed by atoms with Gasteiger partial charge in [-0.2, -0.15) is 0 Å². The molecule has 0 radical (unpaired) electrons. The summed E-state index contributed by atoms with van der Waals surface area (Å²) in [5, 5.41) is 3.10. The van der Waals surface area contributed by atoms with Gasteiger partial charge in [0.15, 0.2) is 18.1 Å². The minimum atomic E-state index is -0.604. The molecule has 0 spiro atoms. The highest BCUT2D eigenvalue weighted by Crippen LogP contribution is 2.36. The highest BCUT2D eigenvalue weighted by atomic mass is 19.1. The van der Waals surface area contributed by atoms with Gasteiger partial charge in [-0.05, 0) is 54.7 Å². The molecule has 7 heteroatoms. The molecule has 0 saturated heterocycles. The Labute approximate surface area is 169 Å². The van der Waals surface area contributed by atoms with Crippen LogP contribution in [0.1, 0.15) is 47.6 Å². The van der Waals surface area contributed by atoms with Crippen LogP contribution >= 0.6 is 0 Å². The SMILES string of the molecule is COc1cc(C(=O)NC(c2ccc(F)cc2)C2CCCC2)ccc1OCC(N)=O. The number of carbonyl (C=O) groups excluding carboxylic acids is 2. The highest BCUT2D eigenvalue weighted by Gasteiger charge is 2.28. The zero-order chi connectivity index (χ0) is 20.8. The Kier molecular flexibility index (Phi) is 6.69. The summed E-state index contributed by atoms with van der Waals surface area (Å²) in [6.07, 6.45) is 4.28. The Balaban J connectivity index is 1.80. The first-order valence-corrected chi connectivity index (χ1v) is 9.63. The molecule has 1 saturated carbocycles. The predicted molar refractivity (Wildman–Crippen MR) is 106 cm³/mol. The lowest BCUT2D eigenvalue weighted by Crippen LogP contribution is -2.32. The van der Waals surface area contributed by atoms with Crippen LogP contribution in [0, 0.1) is 11.7 Å². The largest absolute Gasteiger partial charge is 0.493 e. The van der Waals surface area contributed by atoms with Gasteiger partial charge in [-0.25, -0.2) is 4.39 Å². The Morgan fingerprint density at radius 3 is 2.45 bits per heavy atom. The Hall–Kier alpha value is -3.09. The van der Waals surface area contributed by atoms with E-state index in [0.717, 1.165) is 31.2 Å². The summed E-state index contributed by atoms with van der Waals surface area (Å²) >= 11 is 0. The van der Waals surface area contributed by atoms with Crippen LogP contribution in [-0.4, -0.2) is 25.5 Å². The predicted octanol–water partition coefficient (Wildman–Crippen LogP) is 3.36. The van der Waals surface area contributed by atoms with E-state index in [4.69, 9.17) is 15.2 Å². The maximum Gasteiger partial charge on any atom is 0.255 e. The van der Waals surface area contributed by atoms with Crippen molar-refractivity contribution in [3.05, 3.63) is 59.4 Å². The molecule has 3 N–H and O–H groups in total. The molecule has 6 nitrogen and oxygen atoms in total. The maximum atomic E-state index is 13.3. The number of hydrogen-bond donors (Lipinski definition) is 2. The molecule has 2 amide bonds. The lowest BCUT2D eigenvalue weighted by Gasteiger charge is -2.25. The van der Waals surface area contributed by atoms with E-state index in [1.807, 2.05) is 0 Å². The molecule has 0 aromatic heterocycles. The first-order valence-electron chi connectivity index (χ1n) is 9.63. The molecule has 0 bridgehead atoms. The van der Waals surface area contributed by atoms with Crippen molar-refractivity contribution in [2.75, 3.05) is 13.7 Å². The Morgan fingerprint density at radius 2 is 1.83 bits per heavy atom. The molecule has 1 atom stereocenters. The third kappa shape index (κ3) is 5.25. The van der Waals surface area contributed by atoms with E-state index in [1.165, 1.54) is 19.2 Å².